The van der Waals surface area contributed by atoms with Gasteiger partial charge in [-0.2, -0.15) is 0 Å². The minimum absolute atomic E-state index is 0.0837. The summed E-state index contributed by atoms with van der Waals surface area (Å²) in [6, 6.07) is 17.1. The van der Waals surface area contributed by atoms with Crippen molar-refractivity contribution < 1.29 is 32.2 Å². The number of methoxy groups -OCH3 is 2. The van der Waals surface area contributed by atoms with Crippen LogP contribution >= 0.6 is 15.9 Å². The van der Waals surface area contributed by atoms with Crippen LogP contribution in [0.15, 0.2) is 76.1 Å². The summed E-state index contributed by atoms with van der Waals surface area (Å²) in [6.07, 6.45) is 0. The highest BCUT2D eigenvalue weighted by atomic mass is 79.9. The van der Waals surface area contributed by atoms with Crippen molar-refractivity contribution in [2.45, 2.75) is 31.3 Å². The number of hydrogen-bond acceptors (Lipinski definition) is 7. The summed E-state index contributed by atoms with van der Waals surface area (Å²) in [4.78, 5) is 27.8. The topological polar surface area (TPSA) is 114 Å². The van der Waals surface area contributed by atoms with Crippen molar-refractivity contribution >= 4 is 43.5 Å². The van der Waals surface area contributed by atoms with Crippen molar-refractivity contribution in [3.63, 3.8) is 0 Å². The number of amides is 2. The van der Waals surface area contributed by atoms with Gasteiger partial charge in [-0.15, -0.1) is 0 Å². The monoisotopic (exact) mass is 647 g/mol. The second kappa shape index (κ2) is 14.2. The molecule has 1 N–H and O–H groups in total. The highest BCUT2D eigenvalue weighted by molar-refractivity contribution is 9.10. The highest BCUT2D eigenvalue weighted by Gasteiger charge is 2.33. The van der Waals surface area contributed by atoms with Crippen LogP contribution in [0.2, 0.25) is 0 Å². The molecule has 2 amide bonds. The molecule has 0 bridgehead atoms. The molecule has 0 fully saturated rings. The van der Waals surface area contributed by atoms with Gasteiger partial charge in [-0.3, -0.25) is 13.9 Å². The Kier molecular flexibility index (Phi) is 11.0. The van der Waals surface area contributed by atoms with Crippen LogP contribution in [0.3, 0.4) is 0 Å². The largest absolute Gasteiger partial charge is 0.494 e. The minimum atomic E-state index is -4.30. The summed E-state index contributed by atoms with van der Waals surface area (Å²) in [5, 5.41) is 2.57. The first-order chi connectivity index (χ1) is 19.5. The average Bonchev–Trinajstić information content (AvgIpc) is 2.98. The van der Waals surface area contributed by atoms with Gasteiger partial charge in [0, 0.05) is 24.1 Å². The van der Waals surface area contributed by atoms with Crippen molar-refractivity contribution in [3.05, 3.63) is 76.8 Å². The normalized spacial score (nSPS) is 11.8. The zero-order valence-electron chi connectivity index (χ0n) is 23.6. The lowest BCUT2D eigenvalue weighted by Crippen LogP contribution is -2.50. The number of benzene rings is 3. The number of sulfonamides is 1. The fourth-order valence-corrected chi connectivity index (χ4v) is 6.01. The molecule has 3 aromatic rings. The molecular weight excluding hydrogens is 614 g/mol. The second-order valence-corrected chi connectivity index (χ2v) is 11.7. The van der Waals surface area contributed by atoms with Gasteiger partial charge in [0.2, 0.25) is 11.8 Å². The van der Waals surface area contributed by atoms with Crippen LogP contribution in [0.25, 0.3) is 0 Å². The van der Waals surface area contributed by atoms with E-state index in [1.165, 1.54) is 44.4 Å². The van der Waals surface area contributed by atoms with E-state index in [2.05, 4.69) is 21.2 Å². The first kappa shape index (κ1) is 31.8. The number of anilines is 1. The van der Waals surface area contributed by atoms with Gasteiger partial charge >= 0.3 is 0 Å². The molecule has 3 aromatic carbocycles. The molecule has 1 atom stereocenters. The summed E-state index contributed by atoms with van der Waals surface area (Å²) in [5.41, 5.74) is 1.01. The maximum Gasteiger partial charge on any atom is 0.264 e. The number of halogens is 1. The average molecular weight is 649 g/mol. The molecule has 0 aliphatic carbocycles. The van der Waals surface area contributed by atoms with Crippen molar-refractivity contribution in [1.82, 2.24) is 10.2 Å². The molecule has 0 saturated carbocycles. The van der Waals surface area contributed by atoms with Crippen molar-refractivity contribution in [1.29, 1.82) is 0 Å². The summed E-state index contributed by atoms with van der Waals surface area (Å²) < 4.78 is 46.1. The molecule has 0 radical (unpaired) electrons. The van der Waals surface area contributed by atoms with Crippen molar-refractivity contribution in [2.75, 3.05) is 38.7 Å². The van der Waals surface area contributed by atoms with Gasteiger partial charge < -0.3 is 24.4 Å². The first-order valence-electron chi connectivity index (χ1n) is 12.8. The maximum absolute atomic E-state index is 14.1. The molecule has 0 aromatic heterocycles. The van der Waals surface area contributed by atoms with E-state index in [0.717, 1.165) is 14.3 Å². The van der Waals surface area contributed by atoms with Crippen LogP contribution < -0.4 is 23.8 Å². The van der Waals surface area contributed by atoms with Crippen LogP contribution in [0, 0.1) is 0 Å². The lowest BCUT2D eigenvalue weighted by Gasteiger charge is -2.32. The summed E-state index contributed by atoms with van der Waals surface area (Å²) in [5.74, 6) is 0.170. The van der Waals surface area contributed by atoms with E-state index in [9.17, 15) is 18.0 Å². The summed E-state index contributed by atoms with van der Waals surface area (Å²) in [7, 11) is 0.0390. The standard InChI is InChI=1S/C29H34BrN3O7S/c1-6-40-24-12-10-23(11-13-24)33(41(36,37)25-14-15-26(38-4)27(17-25)39-5)19-28(34)32(20(2)29(35)31-3)18-21-8-7-9-22(30)16-21/h7-17,20H,6,18-19H2,1-5H3,(H,31,35)/t20-/m1/s1. The van der Waals surface area contributed by atoms with Crippen molar-refractivity contribution in [3.8, 4) is 17.2 Å². The van der Waals surface area contributed by atoms with Gasteiger partial charge in [0.1, 0.15) is 18.3 Å². The molecule has 0 unspecified atom stereocenters. The molecule has 0 aliphatic heterocycles. The van der Waals surface area contributed by atoms with Gasteiger partial charge in [-0.05, 0) is 67.9 Å². The predicted octanol–water partition coefficient (Wildman–Crippen LogP) is 4.22. The molecule has 0 heterocycles. The fourth-order valence-electron chi connectivity index (χ4n) is 4.13. The quantitative estimate of drug-likeness (QED) is 0.295. The van der Waals surface area contributed by atoms with Crippen LogP contribution in [0.5, 0.6) is 17.2 Å². The SMILES string of the molecule is CCOc1ccc(N(CC(=O)N(Cc2cccc(Br)c2)[C@H](C)C(=O)NC)S(=O)(=O)c2ccc(OC)c(OC)c2)cc1. The van der Waals surface area contributed by atoms with E-state index in [4.69, 9.17) is 14.2 Å². The first-order valence-corrected chi connectivity index (χ1v) is 15.0. The number of ether oxygens (including phenoxy) is 3. The Morgan fingerprint density at radius 3 is 2.24 bits per heavy atom. The van der Waals surface area contributed by atoms with Gasteiger partial charge in [-0.25, -0.2) is 8.42 Å². The Labute approximate surface area is 249 Å². The third-order valence-corrected chi connectivity index (χ3v) is 8.58. The zero-order valence-corrected chi connectivity index (χ0v) is 26.0. The lowest BCUT2D eigenvalue weighted by atomic mass is 10.1. The van der Waals surface area contributed by atoms with Crippen LogP contribution in [-0.4, -0.2) is 65.6 Å². The van der Waals surface area contributed by atoms with E-state index in [1.54, 1.807) is 31.2 Å². The van der Waals surface area contributed by atoms with Crippen molar-refractivity contribution in [2.24, 2.45) is 0 Å². The summed E-state index contributed by atoms with van der Waals surface area (Å²) in [6.45, 7) is 3.39. The number of carbonyl (C=O) groups excluding carboxylic acids is 2. The van der Waals surface area contributed by atoms with Gasteiger partial charge in [0.25, 0.3) is 10.0 Å². The Hall–Kier alpha value is -3.77. The van der Waals surface area contributed by atoms with Crippen LogP contribution in [0.4, 0.5) is 5.69 Å². The van der Waals surface area contributed by atoms with E-state index in [1.807, 2.05) is 31.2 Å². The number of hydrogen-bond donors (Lipinski definition) is 1. The Balaban J connectivity index is 2.08. The molecular formula is C29H34BrN3O7S. The van der Waals surface area contributed by atoms with E-state index in [-0.39, 0.29) is 28.8 Å². The van der Waals surface area contributed by atoms with Crippen LogP contribution in [-0.2, 0) is 26.2 Å². The Bertz CT molecular complexity index is 1470. The zero-order chi connectivity index (χ0) is 30.2. The van der Waals surface area contributed by atoms with Gasteiger partial charge in [0.15, 0.2) is 11.5 Å². The van der Waals surface area contributed by atoms with E-state index in [0.29, 0.717) is 18.1 Å². The molecule has 0 saturated heterocycles. The third-order valence-electron chi connectivity index (χ3n) is 6.31. The molecule has 12 heteroatoms. The number of nitrogens with zero attached hydrogens (tertiary/aromatic N) is 2. The minimum Gasteiger partial charge on any atom is -0.494 e. The molecule has 3 rings (SSSR count). The number of rotatable bonds is 13. The molecule has 41 heavy (non-hydrogen) atoms. The Morgan fingerprint density at radius 1 is 0.976 bits per heavy atom. The second-order valence-electron chi connectivity index (χ2n) is 8.90. The number of nitrogens with one attached hydrogen (secondary N) is 1. The fraction of sp³-hybridized carbons (Fsp3) is 0.310. The Morgan fingerprint density at radius 2 is 1.66 bits per heavy atom. The van der Waals surface area contributed by atoms with E-state index < -0.39 is 28.5 Å². The molecule has 0 aliphatic rings. The lowest BCUT2D eigenvalue weighted by molar-refractivity contribution is -0.139. The molecule has 10 nitrogen and oxygen atoms in total. The number of carbonyl (C=O) groups is 2. The molecule has 0 spiro atoms. The summed E-state index contributed by atoms with van der Waals surface area (Å²) >= 11 is 3.43. The highest BCUT2D eigenvalue weighted by Crippen LogP contribution is 2.33. The third kappa shape index (κ3) is 7.70. The molecule has 220 valence electrons. The smallest absolute Gasteiger partial charge is 0.264 e. The number of likely N-dealkylation sites (N-methyl/N-ethyl adjacent to an activating group) is 1. The predicted molar refractivity (Wildman–Crippen MR) is 160 cm³/mol. The van der Waals surface area contributed by atoms with E-state index >= 15 is 0 Å². The van der Waals surface area contributed by atoms with Gasteiger partial charge in [-0.1, -0.05) is 28.1 Å². The maximum atomic E-state index is 14.1. The van der Waals surface area contributed by atoms with Crippen LogP contribution in [0.1, 0.15) is 19.4 Å². The van der Waals surface area contributed by atoms with Gasteiger partial charge in [0.05, 0.1) is 31.4 Å².